The molecule has 4 atom stereocenters. The van der Waals surface area contributed by atoms with Crippen molar-refractivity contribution in [1.29, 1.82) is 0 Å². The van der Waals surface area contributed by atoms with Crippen molar-refractivity contribution in [2.24, 2.45) is 11.8 Å². The summed E-state index contributed by atoms with van der Waals surface area (Å²) in [6.07, 6.45) is 10.5. The summed E-state index contributed by atoms with van der Waals surface area (Å²) >= 11 is 0. The smallest absolute Gasteiger partial charge is 0.431 e. The van der Waals surface area contributed by atoms with Crippen LogP contribution in [0.4, 0.5) is 4.79 Å². The average Bonchev–Trinajstić information content (AvgIpc) is 2.69. The highest BCUT2D eigenvalue weighted by Gasteiger charge is 2.30. The van der Waals surface area contributed by atoms with E-state index in [0.717, 1.165) is 77.5 Å². The summed E-state index contributed by atoms with van der Waals surface area (Å²) in [5.41, 5.74) is 0. The van der Waals surface area contributed by atoms with Crippen molar-refractivity contribution in [1.82, 2.24) is 10.6 Å². The van der Waals surface area contributed by atoms with Crippen LogP contribution >= 0.6 is 0 Å². The van der Waals surface area contributed by atoms with Crippen LogP contribution in [0.1, 0.15) is 78.1 Å². The molecule has 0 radical (unpaired) electrons. The molecule has 0 aromatic rings. The topological polar surface area (TPSA) is 59.6 Å². The Bertz CT molecular complexity index is 345. The lowest BCUT2D eigenvalue weighted by atomic mass is 9.90. The number of unbranched alkanes of at least 4 members (excludes halogenated alkanes) is 2. The largest absolute Gasteiger partial charge is 0.508 e. The van der Waals surface area contributed by atoms with E-state index < -0.39 is 6.16 Å². The minimum Gasteiger partial charge on any atom is -0.431 e. The van der Waals surface area contributed by atoms with Crippen LogP contribution in [0.2, 0.25) is 0 Å². The minimum atomic E-state index is -0.441. The fraction of sp³-hybridized carbons (Fsp3) is 0.952. The van der Waals surface area contributed by atoms with Gasteiger partial charge in [-0.25, -0.2) is 4.79 Å². The number of carbonyl (C=O) groups excluding carboxylic acids is 1. The van der Waals surface area contributed by atoms with Crippen molar-refractivity contribution in [3.8, 4) is 0 Å². The zero-order valence-corrected chi connectivity index (χ0v) is 16.9. The molecule has 0 aromatic carbocycles. The van der Waals surface area contributed by atoms with Crippen molar-refractivity contribution >= 4 is 6.16 Å². The molecule has 5 nitrogen and oxygen atoms in total. The molecule has 26 heavy (non-hydrogen) atoms. The maximum absolute atomic E-state index is 12.6. The SMILES string of the molecule is CCCCC(OC(=O)OC(CCCC)C1CCCNC1)C1CCCNC1. The first-order chi connectivity index (χ1) is 12.7. The molecular formula is C21H40N2O3. The fourth-order valence-electron chi connectivity index (χ4n) is 4.26. The maximum Gasteiger partial charge on any atom is 0.508 e. The van der Waals surface area contributed by atoms with Crippen molar-refractivity contribution < 1.29 is 14.3 Å². The fourth-order valence-corrected chi connectivity index (χ4v) is 4.26. The first-order valence-electron chi connectivity index (χ1n) is 11.0. The average molecular weight is 369 g/mol. The van der Waals surface area contributed by atoms with E-state index >= 15 is 0 Å². The molecule has 2 rings (SSSR count). The van der Waals surface area contributed by atoms with Gasteiger partial charge in [0, 0.05) is 24.9 Å². The van der Waals surface area contributed by atoms with Gasteiger partial charge in [-0.1, -0.05) is 39.5 Å². The van der Waals surface area contributed by atoms with Crippen molar-refractivity contribution in [2.75, 3.05) is 26.2 Å². The predicted molar refractivity (Wildman–Crippen MR) is 105 cm³/mol. The summed E-state index contributed by atoms with van der Waals surface area (Å²) in [7, 11) is 0. The van der Waals surface area contributed by atoms with Gasteiger partial charge in [-0.2, -0.15) is 0 Å². The molecule has 0 bridgehead atoms. The van der Waals surface area contributed by atoms with E-state index in [1.54, 1.807) is 0 Å². The van der Waals surface area contributed by atoms with Crippen LogP contribution in [0.3, 0.4) is 0 Å². The van der Waals surface area contributed by atoms with Crippen LogP contribution in [0, 0.1) is 11.8 Å². The van der Waals surface area contributed by atoms with Gasteiger partial charge in [-0.3, -0.25) is 0 Å². The second-order valence-corrected chi connectivity index (χ2v) is 8.06. The zero-order chi connectivity index (χ0) is 18.6. The third kappa shape index (κ3) is 7.43. The number of hydrogen-bond acceptors (Lipinski definition) is 5. The van der Waals surface area contributed by atoms with E-state index in [0.29, 0.717) is 11.8 Å². The van der Waals surface area contributed by atoms with Crippen LogP contribution in [-0.4, -0.2) is 44.5 Å². The lowest BCUT2D eigenvalue weighted by Gasteiger charge is -2.33. The molecule has 0 aromatic heterocycles. The highest BCUT2D eigenvalue weighted by molar-refractivity contribution is 5.60. The first-order valence-corrected chi connectivity index (χ1v) is 11.0. The molecule has 0 aliphatic carbocycles. The zero-order valence-electron chi connectivity index (χ0n) is 16.9. The van der Waals surface area contributed by atoms with Gasteiger partial charge in [0.1, 0.15) is 12.2 Å². The van der Waals surface area contributed by atoms with Crippen molar-refractivity contribution in [2.45, 2.75) is 90.3 Å². The molecule has 2 fully saturated rings. The molecule has 4 unspecified atom stereocenters. The molecule has 2 saturated heterocycles. The second kappa shape index (κ2) is 12.6. The quantitative estimate of drug-likeness (QED) is 0.564. The highest BCUT2D eigenvalue weighted by atomic mass is 16.7. The van der Waals surface area contributed by atoms with E-state index in [1.807, 2.05) is 0 Å². The Hall–Kier alpha value is -0.810. The Balaban J connectivity index is 1.89. The molecule has 5 heteroatoms. The third-order valence-electron chi connectivity index (χ3n) is 5.90. The number of rotatable bonds is 10. The molecule has 2 N–H and O–H groups in total. The molecule has 0 amide bonds. The Morgan fingerprint density at radius 3 is 1.69 bits per heavy atom. The van der Waals surface area contributed by atoms with Crippen molar-refractivity contribution in [3.05, 3.63) is 0 Å². The Kier molecular flexibility index (Phi) is 10.4. The van der Waals surface area contributed by atoms with Gasteiger partial charge in [-0.15, -0.1) is 0 Å². The summed E-state index contributed by atoms with van der Waals surface area (Å²) in [6, 6.07) is 0. The maximum atomic E-state index is 12.6. The van der Waals surface area contributed by atoms with E-state index in [-0.39, 0.29) is 12.2 Å². The summed E-state index contributed by atoms with van der Waals surface area (Å²) < 4.78 is 11.7. The van der Waals surface area contributed by atoms with E-state index in [4.69, 9.17) is 9.47 Å². The number of ether oxygens (including phenoxy) is 2. The Labute approximate surface area is 160 Å². The second-order valence-electron chi connectivity index (χ2n) is 8.06. The monoisotopic (exact) mass is 368 g/mol. The van der Waals surface area contributed by atoms with Gasteiger partial charge in [0.25, 0.3) is 0 Å². The third-order valence-corrected chi connectivity index (χ3v) is 5.90. The standard InChI is InChI=1S/C21H40N2O3/c1-3-5-11-19(17-9-7-13-22-15-17)25-21(24)26-20(12-6-4-2)18-10-8-14-23-16-18/h17-20,22-23H,3-16H2,1-2H3. The van der Waals surface area contributed by atoms with Crippen LogP contribution < -0.4 is 10.6 Å². The van der Waals surface area contributed by atoms with Gasteiger partial charge >= 0.3 is 6.16 Å². The van der Waals surface area contributed by atoms with E-state index in [9.17, 15) is 4.79 Å². The summed E-state index contributed by atoms with van der Waals surface area (Å²) in [5, 5.41) is 6.89. The molecule has 152 valence electrons. The van der Waals surface area contributed by atoms with E-state index in [2.05, 4.69) is 24.5 Å². The predicted octanol–water partition coefficient (Wildman–Crippen LogP) is 4.26. The van der Waals surface area contributed by atoms with Gasteiger partial charge in [0.05, 0.1) is 0 Å². The van der Waals surface area contributed by atoms with Gasteiger partial charge in [0.2, 0.25) is 0 Å². The first kappa shape index (κ1) is 21.5. The lowest BCUT2D eigenvalue weighted by molar-refractivity contribution is -0.0418. The van der Waals surface area contributed by atoms with Crippen molar-refractivity contribution in [3.63, 3.8) is 0 Å². The van der Waals surface area contributed by atoms with Gasteiger partial charge in [-0.05, 0) is 51.6 Å². The van der Waals surface area contributed by atoms with E-state index in [1.165, 1.54) is 12.8 Å². The Morgan fingerprint density at radius 1 is 0.885 bits per heavy atom. The number of nitrogens with one attached hydrogen (secondary N) is 2. The Morgan fingerprint density at radius 2 is 1.35 bits per heavy atom. The number of piperidine rings is 2. The molecule has 0 saturated carbocycles. The number of carbonyl (C=O) groups is 1. The summed E-state index contributed by atoms with van der Waals surface area (Å²) in [4.78, 5) is 12.6. The van der Waals surface area contributed by atoms with Gasteiger partial charge < -0.3 is 20.1 Å². The van der Waals surface area contributed by atoms with Gasteiger partial charge in [0.15, 0.2) is 0 Å². The minimum absolute atomic E-state index is 0.00782. The normalized spacial score (nSPS) is 26.1. The van der Waals surface area contributed by atoms with Crippen LogP contribution in [0.15, 0.2) is 0 Å². The van der Waals surface area contributed by atoms with Crippen LogP contribution in [0.5, 0.6) is 0 Å². The molecule has 2 aliphatic rings. The summed E-state index contributed by atoms with van der Waals surface area (Å²) in [6.45, 7) is 8.43. The highest BCUT2D eigenvalue weighted by Crippen LogP contribution is 2.25. The summed E-state index contributed by atoms with van der Waals surface area (Å²) in [5.74, 6) is 0.849. The number of hydrogen-bond donors (Lipinski definition) is 2. The van der Waals surface area contributed by atoms with Crippen LogP contribution in [-0.2, 0) is 9.47 Å². The lowest BCUT2D eigenvalue weighted by Crippen LogP contribution is -2.41. The molecule has 2 heterocycles. The molecule has 0 spiro atoms. The van der Waals surface area contributed by atoms with Crippen LogP contribution in [0.25, 0.3) is 0 Å². The molecular weight excluding hydrogens is 328 g/mol. The molecule has 2 aliphatic heterocycles.